The maximum Gasteiger partial charge on any atom is 0.225 e. The van der Waals surface area contributed by atoms with Crippen molar-refractivity contribution in [3.05, 3.63) is 29.8 Å². The minimum atomic E-state index is 0.0878. The van der Waals surface area contributed by atoms with Gasteiger partial charge in [0.2, 0.25) is 5.91 Å². The molecule has 1 aliphatic heterocycles. The molecule has 2 aliphatic rings. The number of rotatable bonds is 6. The van der Waals surface area contributed by atoms with Crippen LogP contribution in [0.25, 0.3) is 0 Å². The van der Waals surface area contributed by atoms with E-state index in [0.717, 1.165) is 30.7 Å². The lowest BCUT2D eigenvalue weighted by Crippen LogP contribution is -2.41. The second-order valence-electron chi connectivity index (χ2n) is 8.58. The maximum absolute atomic E-state index is 12.0. The van der Waals surface area contributed by atoms with Gasteiger partial charge in [0.05, 0.1) is 0 Å². The first-order chi connectivity index (χ1) is 13.0. The smallest absolute Gasteiger partial charge is 0.225 e. The average molecular weight is 371 g/mol. The van der Waals surface area contributed by atoms with Crippen LogP contribution in [0.2, 0.25) is 0 Å². The quantitative estimate of drug-likeness (QED) is 0.526. The summed E-state index contributed by atoms with van der Waals surface area (Å²) in [5.74, 6) is 1.89. The molecule has 0 aromatic heterocycles. The Morgan fingerprint density at radius 3 is 2.70 bits per heavy atom. The summed E-state index contributed by atoms with van der Waals surface area (Å²) in [6.45, 7) is 9.14. The fraction of sp³-hybridized carbons (Fsp3) is 0.636. The first kappa shape index (κ1) is 19.7. The molecule has 0 saturated heterocycles. The van der Waals surface area contributed by atoms with Crippen molar-refractivity contribution in [2.24, 2.45) is 16.3 Å². The summed E-state index contributed by atoms with van der Waals surface area (Å²) in [6, 6.07) is 8.08. The third-order valence-electron chi connectivity index (χ3n) is 6.07. The molecular formula is C22H34N4O. The van der Waals surface area contributed by atoms with E-state index < -0.39 is 0 Å². The Morgan fingerprint density at radius 1 is 1.22 bits per heavy atom. The molecule has 5 heteroatoms. The standard InChI is InChI=1S/C22H34N4O/c1-4-23-21(25-15-22(2,3)17-9-5-6-10-17)24-14-16-13-20(27)26-19-12-8-7-11-18(16)19/h7-8,11-12,16-17H,4-6,9-10,13-15H2,1-3H3,(H,26,27)(H2,23,24,25). The van der Waals surface area contributed by atoms with Crippen molar-refractivity contribution in [3.8, 4) is 0 Å². The van der Waals surface area contributed by atoms with Gasteiger partial charge in [-0.25, -0.2) is 0 Å². The summed E-state index contributed by atoms with van der Waals surface area (Å²) >= 11 is 0. The number of amides is 1. The van der Waals surface area contributed by atoms with Crippen LogP contribution in [0, 0.1) is 11.3 Å². The Kier molecular flexibility index (Phi) is 6.40. The minimum Gasteiger partial charge on any atom is -0.357 e. The van der Waals surface area contributed by atoms with Crippen LogP contribution < -0.4 is 16.0 Å². The number of hydrogen-bond donors (Lipinski definition) is 3. The van der Waals surface area contributed by atoms with E-state index in [2.05, 4.69) is 42.8 Å². The highest BCUT2D eigenvalue weighted by atomic mass is 16.1. The van der Waals surface area contributed by atoms with Crippen molar-refractivity contribution < 1.29 is 4.79 Å². The van der Waals surface area contributed by atoms with Gasteiger partial charge in [0.25, 0.3) is 0 Å². The van der Waals surface area contributed by atoms with Crippen LogP contribution in [-0.2, 0) is 4.79 Å². The van der Waals surface area contributed by atoms with Crippen molar-refractivity contribution >= 4 is 17.6 Å². The number of hydrogen-bond acceptors (Lipinski definition) is 2. The fourth-order valence-corrected chi connectivity index (χ4v) is 4.36. The lowest BCUT2D eigenvalue weighted by molar-refractivity contribution is -0.116. The third-order valence-corrected chi connectivity index (χ3v) is 6.07. The first-order valence-electron chi connectivity index (χ1n) is 10.4. The van der Waals surface area contributed by atoms with E-state index in [1.54, 1.807) is 0 Å². The number of anilines is 1. The van der Waals surface area contributed by atoms with Gasteiger partial charge in [-0.2, -0.15) is 0 Å². The Morgan fingerprint density at radius 2 is 1.96 bits per heavy atom. The van der Waals surface area contributed by atoms with Gasteiger partial charge in [-0.15, -0.1) is 0 Å². The molecular weight excluding hydrogens is 336 g/mol. The molecule has 1 atom stereocenters. The second-order valence-corrected chi connectivity index (χ2v) is 8.58. The SMILES string of the molecule is CCNC(=NCC(C)(C)C1CCCC1)NCC1CC(=O)Nc2ccccc21. The van der Waals surface area contributed by atoms with Crippen LogP contribution in [0.4, 0.5) is 5.69 Å². The molecule has 148 valence electrons. The van der Waals surface area contributed by atoms with Crippen LogP contribution in [0.3, 0.4) is 0 Å². The van der Waals surface area contributed by atoms with Crippen molar-refractivity contribution in [2.75, 3.05) is 25.0 Å². The molecule has 3 rings (SSSR count). The molecule has 0 spiro atoms. The number of carbonyl (C=O) groups is 1. The molecule has 1 saturated carbocycles. The highest BCUT2D eigenvalue weighted by Crippen LogP contribution is 2.39. The van der Waals surface area contributed by atoms with E-state index in [-0.39, 0.29) is 17.2 Å². The highest BCUT2D eigenvalue weighted by molar-refractivity contribution is 5.94. The Hall–Kier alpha value is -2.04. The van der Waals surface area contributed by atoms with Gasteiger partial charge in [0.1, 0.15) is 0 Å². The van der Waals surface area contributed by atoms with E-state index in [1.807, 2.05) is 18.2 Å². The van der Waals surface area contributed by atoms with Crippen molar-refractivity contribution in [2.45, 2.75) is 58.8 Å². The Balaban J connectivity index is 1.63. The van der Waals surface area contributed by atoms with Gasteiger partial charge in [0, 0.05) is 37.7 Å². The average Bonchev–Trinajstić information content (AvgIpc) is 3.19. The predicted octanol–water partition coefficient (Wildman–Crippen LogP) is 3.88. The van der Waals surface area contributed by atoms with Gasteiger partial charge in [-0.05, 0) is 42.7 Å². The number of para-hydroxylation sites is 1. The fourth-order valence-electron chi connectivity index (χ4n) is 4.36. The normalized spacial score (nSPS) is 20.9. The van der Waals surface area contributed by atoms with Gasteiger partial charge in [-0.1, -0.05) is 44.9 Å². The second kappa shape index (κ2) is 8.77. The molecule has 1 heterocycles. The van der Waals surface area contributed by atoms with Crippen LogP contribution >= 0.6 is 0 Å². The van der Waals surface area contributed by atoms with E-state index in [4.69, 9.17) is 4.99 Å². The van der Waals surface area contributed by atoms with Gasteiger partial charge >= 0.3 is 0 Å². The van der Waals surface area contributed by atoms with Gasteiger partial charge in [0.15, 0.2) is 5.96 Å². The number of guanidine groups is 1. The lowest BCUT2D eigenvalue weighted by Gasteiger charge is -2.30. The lowest BCUT2D eigenvalue weighted by atomic mass is 9.78. The molecule has 0 radical (unpaired) electrons. The van der Waals surface area contributed by atoms with Crippen LogP contribution in [0.15, 0.2) is 29.3 Å². The summed E-state index contributed by atoms with van der Waals surface area (Å²) in [7, 11) is 0. The number of nitrogens with one attached hydrogen (secondary N) is 3. The van der Waals surface area contributed by atoms with Crippen LogP contribution in [0.1, 0.15) is 64.4 Å². The van der Waals surface area contributed by atoms with Crippen LogP contribution in [0.5, 0.6) is 0 Å². The molecule has 1 amide bonds. The summed E-state index contributed by atoms with van der Waals surface area (Å²) in [5, 5.41) is 9.80. The topological polar surface area (TPSA) is 65.5 Å². The monoisotopic (exact) mass is 370 g/mol. The van der Waals surface area contributed by atoms with Crippen molar-refractivity contribution in [3.63, 3.8) is 0 Å². The number of benzene rings is 1. The third kappa shape index (κ3) is 5.02. The molecule has 3 N–H and O–H groups in total. The predicted molar refractivity (Wildman–Crippen MR) is 112 cm³/mol. The summed E-state index contributed by atoms with van der Waals surface area (Å²) < 4.78 is 0. The number of carbonyl (C=O) groups excluding carboxylic acids is 1. The molecule has 1 aromatic carbocycles. The summed E-state index contributed by atoms with van der Waals surface area (Å²) in [5.41, 5.74) is 2.37. The number of aliphatic imine (C=N–C) groups is 1. The first-order valence-corrected chi connectivity index (χ1v) is 10.4. The zero-order chi connectivity index (χ0) is 19.3. The molecule has 27 heavy (non-hydrogen) atoms. The van der Waals surface area contributed by atoms with E-state index >= 15 is 0 Å². The summed E-state index contributed by atoms with van der Waals surface area (Å²) in [6.07, 6.45) is 5.90. The van der Waals surface area contributed by atoms with Crippen LogP contribution in [-0.4, -0.2) is 31.5 Å². The maximum atomic E-state index is 12.0. The zero-order valence-corrected chi connectivity index (χ0v) is 17.0. The van der Waals surface area contributed by atoms with Crippen molar-refractivity contribution in [1.29, 1.82) is 0 Å². The molecule has 1 aliphatic carbocycles. The number of fused-ring (bicyclic) bond motifs is 1. The van der Waals surface area contributed by atoms with E-state index in [9.17, 15) is 4.79 Å². The summed E-state index contributed by atoms with van der Waals surface area (Å²) in [4.78, 5) is 16.9. The Bertz CT molecular complexity index is 677. The Labute approximate surface area is 163 Å². The zero-order valence-electron chi connectivity index (χ0n) is 17.0. The highest BCUT2D eigenvalue weighted by Gasteiger charge is 2.31. The largest absolute Gasteiger partial charge is 0.357 e. The molecule has 1 fully saturated rings. The number of nitrogens with zero attached hydrogens (tertiary/aromatic N) is 1. The minimum absolute atomic E-state index is 0.0878. The van der Waals surface area contributed by atoms with Gasteiger partial charge < -0.3 is 16.0 Å². The van der Waals surface area contributed by atoms with E-state index in [1.165, 1.54) is 31.2 Å². The van der Waals surface area contributed by atoms with E-state index in [0.29, 0.717) is 13.0 Å². The molecule has 1 unspecified atom stereocenters. The van der Waals surface area contributed by atoms with Crippen molar-refractivity contribution in [1.82, 2.24) is 10.6 Å². The van der Waals surface area contributed by atoms with Gasteiger partial charge in [-0.3, -0.25) is 9.79 Å². The molecule has 5 nitrogen and oxygen atoms in total. The molecule has 0 bridgehead atoms. The molecule has 1 aromatic rings.